The molecule has 0 N–H and O–H groups in total. The minimum Gasteiger partial charge on any atom is -0.308 e. The number of carbonyl (C=O) groups excluding carboxylic acids is 1. The molecule has 30 heavy (non-hydrogen) atoms. The predicted octanol–water partition coefficient (Wildman–Crippen LogP) is 3.95. The lowest BCUT2D eigenvalue weighted by molar-refractivity contribution is 0.0985. The molecule has 1 heterocycles. The molecule has 0 radical (unpaired) electrons. The number of amides is 1. The van der Waals surface area contributed by atoms with Gasteiger partial charge in [0.1, 0.15) is 0 Å². The quantitative estimate of drug-likeness (QED) is 0.549. The van der Waals surface area contributed by atoms with Crippen LogP contribution in [0.3, 0.4) is 0 Å². The lowest BCUT2D eigenvalue weighted by atomic mass is 10.1. The first-order chi connectivity index (χ1) is 13.6. The molecule has 0 aliphatic heterocycles. The molecule has 0 aliphatic carbocycles. The molecule has 1 amide bonds. The maximum Gasteiger partial charge on any atom is 0.260 e. The van der Waals surface area contributed by atoms with Gasteiger partial charge in [-0.05, 0) is 63.3 Å². The van der Waals surface area contributed by atoms with Gasteiger partial charge in [-0.25, -0.2) is 13.4 Å². The standard InChI is InChI=1S/C21H25N3O3S2.ClH/c1-14-11-15(2)19-18(12-14)28-21(22-19)24(10-9-23(3)4)20(25)16-7-6-8-17(13-16)29(5,26)27;/h6-8,11-13H,9-10H2,1-5H3;1H. The first kappa shape index (κ1) is 24.3. The number of sulfone groups is 1. The van der Waals surface area contributed by atoms with Crippen LogP contribution < -0.4 is 4.90 Å². The van der Waals surface area contributed by atoms with Crippen molar-refractivity contribution < 1.29 is 13.2 Å². The van der Waals surface area contributed by atoms with Crippen molar-refractivity contribution in [1.29, 1.82) is 0 Å². The number of anilines is 1. The third kappa shape index (κ3) is 5.37. The number of thiazole rings is 1. The van der Waals surface area contributed by atoms with Crippen LogP contribution in [0.1, 0.15) is 21.5 Å². The third-order valence-corrected chi connectivity index (χ3v) is 6.71. The van der Waals surface area contributed by atoms with E-state index in [-0.39, 0.29) is 23.2 Å². The molecule has 0 saturated heterocycles. The molecule has 0 spiro atoms. The molecule has 6 nitrogen and oxygen atoms in total. The fraction of sp³-hybridized carbons (Fsp3) is 0.333. The fourth-order valence-electron chi connectivity index (χ4n) is 3.07. The monoisotopic (exact) mass is 467 g/mol. The number of hydrogen-bond donors (Lipinski definition) is 0. The zero-order valence-corrected chi connectivity index (χ0v) is 20.1. The molecule has 0 atom stereocenters. The Kier molecular flexibility index (Phi) is 7.63. The number of aromatic nitrogens is 1. The molecule has 0 unspecified atom stereocenters. The van der Waals surface area contributed by atoms with E-state index in [9.17, 15) is 13.2 Å². The van der Waals surface area contributed by atoms with Crippen LogP contribution >= 0.6 is 23.7 Å². The van der Waals surface area contributed by atoms with Crippen LogP contribution in [0.25, 0.3) is 10.2 Å². The van der Waals surface area contributed by atoms with Crippen LogP contribution in [0.5, 0.6) is 0 Å². The van der Waals surface area contributed by atoms with Crippen LogP contribution in [0.4, 0.5) is 5.13 Å². The summed E-state index contributed by atoms with van der Waals surface area (Å²) < 4.78 is 24.8. The summed E-state index contributed by atoms with van der Waals surface area (Å²) >= 11 is 1.48. The van der Waals surface area contributed by atoms with Crippen molar-refractivity contribution in [3.8, 4) is 0 Å². The Morgan fingerprint density at radius 2 is 1.80 bits per heavy atom. The van der Waals surface area contributed by atoms with Crippen LogP contribution in [0.15, 0.2) is 41.3 Å². The second-order valence-electron chi connectivity index (χ2n) is 7.49. The third-order valence-electron chi connectivity index (χ3n) is 4.57. The lowest BCUT2D eigenvalue weighted by Crippen LogP contribution is -2.36. The van der Waals surface area contributed by atoms with Gasteiger partial charge in [-0.2, -0.15) is 0 Å². The Bertz CT molecular complexity index is 1170. The molecule has 9 heteroatoms. The van der Waals surface area contributed by atoms with Crippen LogP contribution in [0, 0.1) is 13.8 Å². The largest absolute Gasteiger partial charge is 0.308 e. The highest BCUT2D eigenvalue weighted by molar-refractivity contribution is 7.90. The van der Waals surface area contributed by atoms with E-state index in [1.165, 1.54) is 23.5 Å². The first-order valence-electron chi connectivity index (χ1n) is 9.21. The number of aryl methyl sites for hydroxylation is 2. The summed E-state index contributed by atoms with van der Waals surface area (Å²) in [5, 5.41) is 0.616. The van der Waals surface area contributed by atoms with Crippen molar-refractivity contribution in [2.45, 2.75) is 18.7 Å². The zero-order chi connectivity index (χ0) is 21.3. The van der Waals surface area contributed by atoms with Crippen molar-refractivity contribution in [2.75, 3.05) is 38.3 Å². The van der Waals surface area contributed by atoms with Gasteiger partial charge in [0.15, 0.2) is 15.0 Å². The van der Waals surface area contributed by atoms with E-state index in [1.54, 1.807) is 17.0 Å². The molecule has 3 aromatic rings. The van der Waals surface area contributed by atoms with Crippen molar-refractivity contribution in [2.24, 2.45) is 0 Å². The zero-order valence-electron chi connectivity index (χ0n) is 17.7. The summed E-state index contributed by atoms with van der Waals surface area (Å²) in [5.74, 6) is -0.259. The summed E-state index contributed by atoms with van der Waals surface area (Å²) in [5.41, 5.74) is 3.45. The highest BCUT2D eigenvalue weighted by atomic mass is 35.5. The number of nitrogens with zero attached hydrogens (tertiary/aromatic N) is 3. The van der Waals surface area contributed by atoms with Crippen molar-refractivity contribution >= 4 is 54.8 Å². The lowest BCUT2D eigenvalue weighted by Gasteiger charge is -2.22. The van der Waals surface area contributed by atoms with Gasteiger partial charge in [0, 0.05) is 24.9 Å². The summed E-state index contributed by atoms with van der Waals surface area (Å²) in [6.07, 6.45) is 1.14. The number of halogens is 1. The highest BCUT2D eigenvalue weighted by Crippen LogP contribution is 2.32. The van der Waals surface area contributed by atoms with Crippen molar-refractivity contribution in [3.05, 3.63) is 53.1 Å². The van der Waals surface area contributed by atoms with E-state index < -0.39 is 9.84 Å². The Balaban J connectivity index is 0.00000320. The van der Waals surface area contributed by atoms with Gasteiger partial charge in [0.05, 0.1) is 15.1 Å². The number of carbonyl (C=O) groups is 1. The van der Waals surface area contributed by atoms with E-state index in [4.69, 9.17) is 4.98 Å². The van der Waals surface area contributed by atoms with Crippen LogP contribution in [0.2, 0.25) is 0 Å². The summed E-state index contributed by atoms with van der Waals surface area (Å²) in [4.78, 5) is 21.8. The molecule has 0 bridgehead atoms. The van der Waals surface area contributed by atoms with E-state index in [2.05, 4.69) is 12.1 Å². The second kappa shape index (κ2) is 9.43. The molecule has 0 saturated carbocycles. The Morgan fingerprint density at radius 1 is 1.10 bits per heavy atom. The topological polar surface area (TPSA) is 70.6 Å². The molecule has 0 fully saturated rings. The van der Waals surface area contributed by atoms with Crippen molar-refractivity contribution in [1.82, 2.24) is 9.88 Å². The molecular weight excluding hydrogens is 442 g/mol. The van der Waals surface area contributed by atoms with Gasteiger partial charge in [-0.1, -0.05) is 23.5 Å². The van der Waals surface area contributed by atoms with E-state index in [0.717, 1.165) is 27.6 Å². The fourth-order valence-corrected chi connectivity index (χ4v) is 4.91. The molecule has 162 valence electrons. The van der Waals surface area contributed by atoms with Gasteiger partial charge in [-0.15, -0.1) is 12.4 Å². The minimum absolute atomic E-state index is 0. The molecule has 3 rings (SSSR count). The van der Waals surface area contributed by atoms with E-state index in [0.29, 0.717) is 23.8 Å². The summed E-state index contributed by atoms with van der Waals surface area (Å²) in [6.45, 7) is 5.16. The number of benzene rings is 2. The predicted molar refractivity (Wildman–Crippen MR) is 126 cm³/mol. The second-order valence-corrected chi connectivity index (χ2v) is 10.5. The van der Waals surface area contributed by atoms with E-state index in [1.807, 2.05) is 32.8 Å². The Labute approximate surface area is 187 Å². The van der Waals surface area contributed by atoms with Gasteiger partial charge < -0.3 is 4.90 Å². The first-order valence-corrected chi connectivity index (χ1v) is 11.9. The number of rotatable bonds is 6. The van der Waals surface area contributed by atoms with Gasteiger partial charge in [0.25, 0.3) is 5.91 Å². The van der Waals surface area contributed by atoms with E-state index >= 15 is 0 Å². The maximum atomic E-state index is 13.3. The summed E-state index contributed by atoms with van der Waals surface area (Å²) in [7, 11) is 0.489. The smallest absolute Gasteiger partial charge is 0.260 e. The number of hydrogen-bond acceptors (Lipinski definition) is 6. The maximum absolute atomic E-state index is 13.3. The highest BCUT2D eigenvalue weighted by Gasteiger charge is 2.23. The average Bonchev–Trinajstić information content (AvgIpc) is 3.05. The SMILES string of the molecule is Cc1cc(C)c2nc(N(CCN(C)C)C(=O)c3cccc(S(C)(=O)=O)c3)sc2c1.Cl. The van der Waals surface area contributed by atoms with Gasteiger partial charge >= 0.3 is 0 Å². The molecular formula is C21H26ClN3O3S2. The number of fused-ring (bicyclic) bond motifs is 1. The average molecular weight is 468 g/mol. The van der Waals surface area contributed by atoms with Crippen LogP contribution in [-0.4, -0.2) is 57.6 Å². The Hall–Kier alpha value is -2.00. The minimum atomic E-state index is -3.40. The normalized spacial score (nSPS) is 11.5. The van der Waals surface area contributed by atoms with Crippen LogP contribution in [-0.2, 0) is 9.84 Å². The Morgan fingerprint density at radius 3 is 2.43 bits per heavy atom. The van der Waals surface area contributed by atoms with Crippen molar-refractivity contribution in [3.63, 3.8) is 0 Å². The molecule has 2 aromatic carbocycles. The molecule has 0 aliphatic rings. The van der Waals surface area contributed by atoms with Gasteiger partial charge in [0.2, 0.25) is 0 Å². The number of likely N-dealkylation sites (N-methyl/N-ethyl adjacent to an activating group) is 1. The summed E-state index contributed by atoms with van der Waals surface area (Å²) in [6, 6.07) is 10.3. The molecule has 1 aromatic heterocycles. The van der Waals surface area contributed by atoms with Gasteiger partial charge in [-0.3, -0.25) is 9.69 Å².